The number of anilines is 1. The number of benzene rings is 2. The van der Waals surface area contributed by atoms with Crippen molar-refractivity contribution in [2.75, 3.05) is 11.9 Å². The first-order valence-corrected chi connectivity index (χ1v) is 8.91. The van der Waals surface area contributed by atoms with Crippen molar-refractivity contribution < 1.29 is 9.53 Å². The Hall–Kier alpha value is -1.81. The summed E-state index contributed by atoms with van der Waals surface area (Å²) in [5, 5.41) is 2.93. The predicted molar refractivity (Wildman–Crippen MR) is 103 cm³/mol. The summed E-state index contributed by atoms with van der Waals surface area (Å²) < 4.78 is 6.79. The molecule has 0 saturated carbocycles. The lowest BCUT2D eigenvalue weighted by Gasteiger charge is -2.23. The number of amides is 1. The van der Waals surface area contributed by atoms with E-state index in [2.05, 4.69) is 48.9 Å². The van der Waals surface area contributed by atoms with E-state index < -0.39 is 0 Å². The van der Waals surface area contributed by atoms with Crippen molar-refractivity contribution in [3.05, 3.63) is 58.1 Å². The molecular weight excluding hydrogens is 366 g/mol. The average molecular weight is 390 g/mol. The number of halogens is 1. The number of carbonyl (C=O) groups excluding carboxylic acids is 1. The van der Waals surface area contributed by atoms with Gasteiger partial charge in [0.2, 0.25) is 0 Å². The van der Waals surface area contributed by atoms with Crippen LogP contribution >= 0.6 is 15.9 Å². The third kappa shape index (κ3) is 4.84. The van der Waals surface area contributed by atoms with Gasteiger partial charge in [0, 0.05) is 15.7 Å². The number of ether oxygens (including phenoxy) is 1. The molecule has 4 heteroatoms. The maximum Gasteiger partial charge on any atom is 0.262 e. The summed E-state index contributed by atoms with van der Waals surface area (Å²) in [4.78, 5) is 12.2. The summed E-state index contributed by atoms with van der Waals surface area (Å²) in [5.41, 5.74) is 2.97. The zero-order valence-electron chi connectivity index (χ0n) is 14.7. The first-order chi connectivity index (χ1) is 11.3. The van der Waals surface area contributed by atoms with E-state index >= 15 is 0 Å². The maximum atomic E-state index is 12.2. The number of carbonyl (C=O) groups is 1. The highest BCUT2D eigenvalue weighted by Crippen LogP contribution is 2.33. The van der Waals surface area contributed by atoms with E-state index in [1.165, 1.54) is 0 Å². The lowest BCUT2D eigenvalue weighted by atomic mass is 9.86. The fraction of sp³-hybridized carbons (Fsp3) is 0.350. The molecule has 128 valence electrons. The number of hydrogen-bond donors (Lipinski definition) is 1. The SMILES string of the molecule is CCc1ccccc1NC(=O)COc1ccc(Br)cc1C(C)(C)C. The molecule has 3 nitrogen and oxygen atoms in total. The van der Waals surface area contributed by atoms with Crippen molar-refractivity contribution in [1.82, 2.24) is 0 Å². The van der Waals surface area contributed by atoms with Crippen molar-refractivity contribution in [3.8, 4) is 5.75 Å². The molecule has 0 unspecified atom stereocenters. The number of rotatable bonds is 5. The molecule has 0 atom stereocenters. The smallest absolute Gasteiger partial charge is 0.262 e. The molecule has 0 fully saturated rings. The van der Waals surface area contributed by atoms with E-state index in [1.807, 2.05) is 42.5 Å². The van der Waals surface area contributed by atoms with E-state index in [0.29, 0.717) is 0 Å². The molecule has 0 aliphatic carbocycles. The van der Waals surface area contributed by atoms with E-state index in [1.54, 1.807) is 0 Å². The van der Waals surface area contributed by atoms with Crippen LogP contribution in [0, 0.1) is 0 Å². The Morgan fingerprint density at radius 1 is 1.17 bits per heavy atom. The van der Waals surface area contributed by atoms with Crippen LogP contribution in [-0.2, 0) is 16.6 Å². The second-order valence-electron chi connectivity index (χ2n) is 6.74. The number of hydrogen-bond acceptors (Lipinski definition) is 2. The van der Waals surface area contributed by atoms with Gasteiger partial charge in [0.15, 0.2) is 6.61 Å². The van der Waals surface area contributed by atoms with Crippen LogP contribution in [0.15, 0.2) is 46.9 Å². The number of aryl methyl sites for hydroxylation is 1. The van der Waals surface area contributed by atoms with Crippen molar-refractivity contribution in [2.24, 2.45) is 0 Å². The Morgan fingerprint density at radius 3 is 2.54 bits per heavy atom. The molecule has 0 heterocycles. The normalized spacial score (nSPS) is 11.2. The zero-order valence-corrected chi connectivity index (χ0v) is 16.2. The van der Waals surface area contributed by atoms with Crippen LogP contribution in [0.25, 0.3) is 0 Å². The molecule has 1 amide bonds. The van der Waals surface area contributed by atoms with Crippen LogP contribution in [0.4, 0.5) is 5.69 Å². The molecule has 0 spiro atoms. The van der Waals surface area contributed by atoms with Crippen LogP contribution in [0.2, 0.25) is 0 Å². The summed E-state index contributed by atoms with van der Waals surface area (Å²) in [6.07, 6.45) is 0.873. The third-order valence-corrected chi connectivity index (χ3v) is 4.27. The Kier molecular flexibility index (Phi) is 6.05. The zero-order chi connectivity index (χ0) is 17.7. The quantitative estimate of drug-likeness (QED) is 0.750. The van der Waals surface area contributed by atoms with E-state index in [0.717, 1.165) is 33.5 Å². The van der Waals surface area contributed by atoms with Gasteiger partial charge < -0.3 is 10.1 Å². The molecule has 0 saturated heterocycles. The van der Waals surface area contributed by atoms with Gasteiger partial charge >= 0.3 is 0 Å². The highest BCUT2D eigenvalue weighted by Gasteiger charge is 2.20. The molecule has 0 aliphatic heterocycles. The molecule has 2 rings (SSSR count). The third-order valence-electron chi connectivity index (χ3n) is 3.78. The van der Waals surface area contributed by atoms with Crippen molar-refractivity contribution >= 4 is 27.5 Å². The van der Waals surface area contributed by atoms with E-state index in [-0.39, 0.29) is 17.9 Å². The standard InChI is InChI=1S/C20H24BrNO2/c1-5-14-8-6-7-9-17(14)22-19(23)13-24-18-11-10-15(21)12-16(18)20(2,3)4/h6-12H,5,13H2,1-4H3,(H,22,23). The number of para-hydroxylation sites is 1. The molecular formula is C20H24BrNO2. The van der Waals surface area contributed by atoms with Gasteiger partial charge in [-0.3, -0.25) is 4.79 Å². The minimum Gasteiger partial charge on any atom is -0.483 e. The molecule has 0 aliphatic rings. The van der Waals surface area contributed by atoms with Gasteiger partial charge in [0.1, 0.15) is 5.75 Å². The van der Waals surface area contributed by atoms with Crippen LogP contribution < -0.4 is 10.1 Å². The minimum atomic E-state index is -0.154. The van der Waals surface area contributed by atoms with Gasteiger partial charge in [-0.25, -0.2) is 0 Å². The summed E-state index contributed by atoms with van der Waals surface area (Å²) in [5.74, 6) is 0.586. The fourth-order valence-corrected chi connectivity index (χ4v) is 2.86. The topological polar surface area (TPSA) is 38.3 Å². The van der Waals surface area contributed by atoms with Crippen LogP contribution in [0.3, 0.4) is 0 Å². The molecule has 2 aromatic carbocycles. The molecule has 0 radical (unpaired) electrons. The largest absolute Gasteiger partial charge is 0.483 e. The summed E-state index contributed by atoms with van der Waals surface area (Å²) in [7, 11) is 0. The summed E-state index contributed by atoms with van der Waals surface area (Å²) in [6.45, 7) is 8.43. The molecule has 0 bridgehead atoms. The second-order valence-corrected chi connectivity index (χ2v) is 7.65. The average Bonchev–Trinajstić information content (AvgIpc) is 2.53. The van der Waals surface area contributed by atoms with Gasteiger partial charge in [0.25, 0.3) is 5.91 Å². The Bertz CT molecular complexity index is 720. The summed E-state index contributed by atoms with van der Waals surface area (Å²) >= 11 is 3.49. The van der Waals surface area contributed by atoms with Gasteiger partial charge in [0.05, 0.1) is 0 Å². The monoisotopic (exact) mass is 389 g/mol. The van der Waals surface area contributed by atoms with Gasteiger partial charge in [-0.1, -0.05) is 61.8 Å². The Balaban J connectivity index is 2.07. The summed E-state index contributed by atoms with van der Waals surface area (Å²) in [6, 6.07) is 13.7. The molecule has 24 heavy (non-hydrogen) atoms. The van der Waals surface area contributed by atoms with Crippen LogP contribution in [0.5, 0.6) is 5.75 Å². The van der Waals surface area contributed by atoms with Crippen molar-refractivity contribution in [3.63, 3.8) is 0 Å². The highest BCUT2D eigenvalue weighted by molar-refractivity contribution is 9.10. The number of nitrogens with one attached hydrogen (secondary N) is 1. The van der Waals surface area contributed by atoms with Crippen LogP contribution in [0.1, 0.15) is 38.8 Å². The second kappa shape index (κ2) is 7.84. The molecule has 0 aromatic heterocycles. The van der Waals surface area contributed by atoms with E-state index in [9.17, 15) is 4.79 Å². The lowest BCUT2D eigenvalue weighted by Crippen LogP contribution is -2.22. The molecule has 1 N–H and O–H groups in total. The molecule has 2 aromatic rings. The van der Waals surface area contributed by atoms with E-state index in [4.69, 9.17) is 4.74 Å². The van der Waals surface area contributed by atoms with Gasteiger partial charge in [-0.15, -0.1) is 0 Å². The fourth-order valence-electron chi connectivity index (χ4n) is 2.49. The first kappa shape index (κ1) is 18.5. The maximum absolute atomic E-state index is 12.2. The van der Waals surface area contributed by atoms with Gasteiger partial charge in [-0.05, 0) is 41.7 Å². The Labute approximate surface area is 152 Å². The highest BCUT2D eigenvalue weighted by atomic mass is 79.9. The van der Waals surface area contributed by atoms with Crippen molar-refractivity contribution in [1.29, 1.82) is 0 Å². The minimum absolute atomic E-state index is 0.0111. The Morgan fingerprint density at radius 2 is 1.88 bits per heavy atom. The van der Waals surface area contributed by atoms with Crippen molar-refractivity contribution in [2.45, 2.75) is 39.5 Å². The predicted octanol–water partition coefficient (Wildman–Crippen LogP) is 5.33. The van der Waals surface area contributed by atoms with Gasteiger partial charge in [-0.2, -0.15) is 0 Å². The van der Waals surface area contributed by atoms with Crippen LogP contribution in [-0.4, -0.2) is 12.5 Å². The lowest BCUT2D eigenvalue weighted by molar-refractivity contribution is -0.118. The first-order valence-electron chi connectivity index (χ1n) is 8.12.